The molecule has 0 saturated heterocycles. The molecule has 30 heavy (non-hydrogen) atoms. The van der Waals surface area contributed by atoms with Crippen LogP contribution in [0, 0.1) is 0 Å². The number of urea groups is 1. The fraction of sp³-hybridized carbons (Fsp3) is 0.550. The van der Waals surface area contributed by atoms with Gasteiger partial charge in [-0.2, -0.15) is 5.10 Å². The Morgan fingerprint density at radius 3 is 2.20 bits per heavy atom. The highest BCUT2D eigenvalue weighted by Crippen LogP contribution is 2.58. The van der Waals surface area contributed by atoms with Crippen molar-refractivity contribution in [3.8, 4) is 0 Å². The number of hydrogen-bond acceptors (Lipinski definition) is 6. The summed E-state index contributed by atoms with van der Waals surface area (Å²) in [4.78, 5) is 24.0. The van der Waals surface area contributed by atoms with E-state index in [-0.39, 0.29) is 31.0 Å². The molecular formula is C20H33N4O5P. The Hall–Kier alpha value is -2.22. The summed E-state index contributed by atoms with van der Waals surface area (Å²) in [6.07, 6.45) is 0. The van der Waals surface area contributed by atoms with E-state index in [2.05, 4.69) is 10.5 Å². The molecule has 168 valence electrons. The van der Waals surface area contributed by atoms with Gasteiger partial charge in [0.1, 0.15) is 0 Å². The second kappa shape index (κ2) is 11.8. The van der Waals surface area contributed by atoms with Crippen LogP contribution in [0.3, 0.4) is 0 Å². The van der Waals surface area contributed by atoms with Crippen molar-refractivity contribution in [3.05, 3.63) is 35.9 Å². The fourth-order valence-corrected chi connectivity index (χ4v) is 6.26. The van der Waals surface area contributed by atoms with E-state index in [0.29, 0.717) is 0 Å². The average molecular weight is 440 g/mol. The number of primary amides is 1. The van der Waals surface area contributed by atoms with Crippen LogP contribution < -0.4 is 11.2 Å². The second-order valence-electron chi connectivity index (χ2n) is 7.27. The number of hydrazone groups is 1. The van der Waals surface area contributed by atoms with Crippen molar-refractivity contribution in [2.45, 2.75) is 65.9 Å². The normalized spacial score (nSPS) is 15.2. The Kier molecular flexibility index (Phi) is 10.2. The van der Waals surface area contributed by atoms with Crippen LogP contribution in [0.25, 0.3) is 0 Å². The van der Waals surface area contributed by atoms with Crippen LogP contribution in [0.4, 0.5) is 4.79 Å². The Morgan fingerprint density at radius 1 is 1.17 bits per heavy atom. The van der Waals surface area contributed by atoms with Gasteiger partial charge in [0.25, 0.3) is 7.52 Å². The molecule has 0 bridgehead atoms. The highest BCUT2D eigenvalue weighted by molar-refractivity contribution is 7.59. The van der Waals surface area contributed by atoms with Crippen LogP contribution in [0.15, 0.2) is 35.4 Å². The lowest BCUT2D eigenvalue weighted by Gasteiger charge is -2.40. The van der Waals surface area contributed by atoms with Crippen molar-refractivity contribution < 1.29 is 23.4 Å². The van der Waals surface area contributed by atoms with Crippen molar-refractivity contribution in [2.24, 2.45) is 10.8 Å². The lowest BCUT2D eigenvalue weighted by Crippen LogP contribution is -2.44. The summed E-state index contributed by atoms with van der Waals surface area (Å²) in [6, 6.07) is 7.92. The van der Waals surface area contributed by atoms with Crippen LogP contribution in [0.1, 0.15) is 47.1 Å². The number of benzene rings is 1. The molecule has 9 nitrogen and oxygen atoms in total. The van der Waals surface area contributed by atoms with E-state index in [4.69, 9.17) is 15.0 Å². The van der Waals surface area contributed by atoms with Crippen molar-refractivity contribution in [1.82, 2.24) is 10.1 Å². The molecule has 0 aliphatic carbocycles. The first-order chi connectivity index (χ1) is 14.0. The molecule has 0 saturated carbocycles. The number of carbonyl (C=O) groups is 2. The van der Waals surface area contributed by atoms with Crippen LogP contribution in [0.5, 0.6) is 0 Å². The molecule has 0 fully saturated rings. The number of amides is 2. The van der Waals surface area contributed by atoms with E-state index >= 15 is 0 Å². The van der Waals surface area contributed by atoms with Gasteiger partial charge in [-0.15, -0.1) is 0 Å². The second-order valence-corrected chi connectivity index (χ2v) is 9.64. The summed E-state index contributed by atoms with van der Waals surface area (Å²) < 4.78 is 27.3. The number of esters is 1. The van der Waals surface area contributed by atoms with Crippen molar-refractivity contribution in [2.75, 3.05) is 6.61 Å². The molecule has 10 heteroatoms. The molecule has 1 aromatic carbocycles. The molecule has 1 aromatic rings. The third kappa shape index (κ3) is 6.93. The molecule has 0 radical (unpaired) electrons. The quantitative estimate of drug-likeness (QED) is 0.235. The van der Waals surface area contributed by atoms with E-state index in [0.717, 1.165) is 5.56 Å². The molecular weight excluding hydrogens is 407 g/mol. The van der Waals surface area contributed by atoms with Gasteiger partial charge in [0.15, 0.2) is 5.66 Å². The van der Waals surface area contributed by atoms with Gasteiger partial charge in [-0.3, -0.25) is 9.36 Å². The number of nitrogens with two attached hydrogens (primary N) is 1. The number of rotatable bonds is 11. The monoisotopic (exact) mass is 440 g/mol. The molecule has 2 unspecified atom stereocenters. The van der Waals surface area contributed by atoms with Gasteiger partial charge in [-0.05, 0) is 47.1 Å². The van der Waals surface area contributed by atoms with Crippen LogP contribution in [-0.4, -0.2) is 46.7 Å². The number of hydrogen-bond donors (Lipinski definition) is 2. The molecule has 0 spiro atoms. The highest BCUT2D eigenvalue weighted by atomic mass is 31.2. The summed E-state index contributed by atoms with van der Waals surface area (Å²) in [5, 5.41) is 3.86. The third-order valence-electron chi connectivity index (χ3n) is 4.21. The SMILES string of the molecule is CCOC(=O)C(/C(C)=N/NC(N)=O)P(=O)(OCc1ccccc1)N(C(C)C)C(C)C. The van der Waals surface area contributed by atoms with Crippen molar-refractivity contribution in [1.29, 1.82) is 0 Å². The molecule has 0 aliphatic heterocycles. The minimum Gasteiger partial charge on any atom is -0.465 e. The van der Waals surface area contributed by atoms with Gasteiger partial charge < -0.3 is 15.0 Å². The lowest BCUT2D eigenvalue weighted by atomic mass is 10.2. The van der Waals surface area contributed by atoms with Crippen molar-refractivity contribution >= 4 is 25.2 Å². The summed E-state index contributed by atoms with van der Waals surface area (Å²) in [5.41, 5.74) is 6.73. The molecule has 0 heterocycles. The number of carbonyl (C=O) groups excluding carboxylic acids is 2. The minimum atomic E-state index is -3.88. The standard InChI is InChI=1S/C20H33N4O5P/c1-7-28-19(25)18(16(6)22-23-20(21)26)30(27,24(14(2)3)15(4)5)29-13-17-11-9-8-10-12-17/h8-12,14-15,18H,7,13H2,1-6H3,(H3,21,23,26)/b22-16+. The fourth-order valence-electron chi connectivity index (χ4n) is 3.22. The summed E-state index contributed by atoms with van der Waals surface area (Å²) in [6.45, 7) is 10.7. The van der Waals surface area contributed by atoms with Gasteiger partial charge >= 0.3 is 12.0 Å². The molecule has 0 aromatic heterocycles. The molecule has 1 rings (SSSR count). The lowest BCUT2D eigenvalue weighted by molar-refractivity contribution is -0.141. The Morgan fingerprint density at radius 2 is 1.73 bits per heavy atom. The van der Waals surface area contributed by atoms with Gasteiger partial charge in [0, 0.05) is 12.1 Å². The van der Waals surface area contributed by atoms with E-state index in [9.17, 15) is 14.2 Å². The zero-order valence-electron chi connectivity index (χ0n) is 18.5. The topological polar surface area (TPSA) is 123 Å². The first-order valence-electron chi connectivity index (χ1n) is 9.87. The van der Waals surface area contributed by atoms with E-state index in [1.54, 1.807) is 11.6 Å². The van der Waals surface area contributed by atoms with Gasteiger partial charge in [0.05, 0.1) is 18.9 Å². The summed E-state index contributed by atoms with van der Waals surface area (Å²) in [7, 11) is -3.88. The van der Waals surface area contributed by atoms with Crippen LogP contribution >= 0.6 is 7.52 Å². The Balaban J connectivity index is 3.52. The minimum absolute atomic E-state index is 0.0283. The van der Waals surface area contributed by atoms with E-state index in [1.165, 1.54) is 6.92 Å². The predicted octanol–water partition coefficient (Wildman–Crippen LogP) is 3.49. The molecule has 2 atom stereocenters. The van der Waals surface area contributed by atoms with E-state index in [1.807, 2.05) is 58.0 Å². The summed E-state index contributed by atoms with van der Waals surface area (Å²) in [5.74, 6) is -0.743. The molecule has 0 aliphatic rings. The Labute approximate surface area is 178 Å². The largest absolute Gasteiger partial charge is 0.465 e. The maximum atomic E-state index is 14.5. The predicted molar refractivity (Wildman–Crippen MR) is 117 cm³/mol. The zero-order valence-corrected chi connectivity index (χ0v) is 19.4. The highest BCUT2D eigenvalue weighted by Gasteiger charge is 2.49. The first kappa shape index (κ1) is 25.8. The van der Waals surface area contributed by atoms with Gasteiger partial charge in [-0.1, -0.05) is 30.3 Å². The van der Waals surface area contributed by atoms with Gasteiger partial charge in [0.2, 0.25) is 0 Å². The third-order valence-corrected chi connectivity index (χ3v) is 7.52. The molecule has 2 amide bonds. The van der Waals surface area contributed by atoms with Crippen LogP contribution in [-0.2, 0) is 25.2 Å². The van der Waals surface area contributed by atoms with Crippen LogP contribution in [0.2, 0.25) is 0 Å². The first-order valence-corrected chi connectivity index (χ1v) is 11.5. The number of nitrogens with one attached hydrogen (secondary N) is 1. The maximum Gasteiger partial charge on any atom is 0.332 e. The number of nitrogens with zero attached hydrogens (tertiary/aromatic N) is 2. The summed E-state index contributed by atoms with van der Waals surface area (Å²) >= 11 is 0. The van der Waals surface area contributed by atoms with E-state index < -0.39 is 25.2 Å². The Bertz CT molecular complexity index is 775. The maximum absolute atomic E-state index is 14.5. The van der Waals surface area contributed by atoms with Gasteiger partial charge in [-0.25, -0.2) is 14.9 Å². The molecule has 3 N–H and O–H groups in total. The average Bonchev–Trinajstić information content (AvgIpc) is 2.65. The number of ether oxygens (including phenoxy) is 1. The zero-order chi connectivity index (χ0) is 22.9. The smallest absolute Gasteiger partial charge is 0.332 e. The van der Waals surface area contributed by atoms with Crippen molar-refractivity contribution in [3.63, 3.8) is 0 Å².